The maximum atomic E-state index is 14.2. The van der Waals surface area contributed by atoms with E-state index in [4.69, 9.17) is 11.6 Å². The SMILES string of the molecule is CC1CCCC(n2cnc(-c3cc(Cl)ccc3C(=O)O)cc2=O)c2cc(ccn2)-c2cc(F)ccc2NC1=O. The molecule has 1 amide bonds. The van der Waals surface area contributed by atoms with E-state index in [1.54, 1.807) is 18.3 Å². The van der Waals surface area contributed by atoms with Crippen molar-refractivity contribution in [1.82, 2.24) is 14.5 Å². The summed E-state index contributed by atoms with van der Waals surface area (Å²) < 4.78 is 15.7. The molecule has 2 atom stereocenters. The number of carboxylic acids is 1. The van der Waals surface area contributed by atoms with Crippen LogP contribution in [0, 0.1) is 11.7 Å². The van der Waals surface area contributed by atoms with E-state index < -0.39 is 23.4 Å². The fourth-order valence-corrected chi connectivity index (χ4v) is 4.97. The van der Waals surface area contributed by atoms with Crippen LogP contribution in [0.4, 0.5) is 10.1 Å². The van der Waals surface area contributed by atoms with Gasteiger partial charge in [0.25, 0.3) is 5.56 Å². The van der Waals surface area contributed by atoms with Gasteiger partial charge in [0.05, 0.1) is 29.3 Å². The molecule has 1 aliphatic rings. The number of anilines is 1. The molecule has 0 fully saturated rings. The Morgan fingerprint density at radius 2 is 1.87 bits per heavy atom. The largest absolute Gasteiger partial charge is 0.478 e. The zero-order chi connectivity index (χ0) is 27.7. The van der Waals surface area contributed by atoms with Crippen LogP contribution in [0.1, 0.15) is 48.3 Å². The lowest BCUT2D eigenvalue weighted by Crippen LogP contribution is -2.27. The summed E-state index contributed by atoms with van der Waals surface area (Å²) in [7, 11) is 0. The summed E-state index contributed by atoms with van der Waals surface area (Å²) >= 11 is 6.09. The van der Waals surface area contributed by atoms with E-state index in [-0.39, 0.29) is 28.6 Å². The van der Waals surface area contributed by atoms with Crippen molar-refractivity contribution in [1.29, 1.82) is 0 Å². The number of amides is 1. The highest BCUT2D eigenvalue weighted by Gasteiger charge is 2.23. The van der Waals surface area contributed by atoms with Crippen molar-refractivity contribution >= 4 is 29.2 Å². The normalized spacial score (nSPS) is 17.4. The number of hydrogen-bond acceptors (Lipinski definition) is 5. The van der Waals surface area contributed by atoms with E-state index in [0.29, 0.717) is 46.8 Å². The molecular formula is C29H24ClFN4O4. The second kappa shape index (κ2) is 10.8. The maximum Gasteiger partial charge on any atom is 0.336 e. The second-order valence-corrected chi connectivity index (χ2v) is 9.95. The molecule has 8 nitrogen and oxygen atoms in total. The van der Waals surface area contributed by atoms with Crippen molar-refractivity contribution < 1.29 is 19.1 Å². The van der Waals surface area contributed by atoms with E-state index in [2.05, 4.69) is 15.3 Å². The van der Waals surface area contributed by atoms with Crippen molar-refractivity contribution in [2.45, 2.75) is 32.2 Å². The minimum absolute atomic E-state index is 0.0254. The highest BCUT2D eigenvalue weighted by atomic mass is 35.5. The predicted molar refractivity (Wildman–Crippen MR) is 145 cm³/mol. The molecule has 0 aliphatic carbocycles. The lowest BCUT2D eigenvalue weighted by atomic mass is 9.95. The first-order valence-electron chi connectivity index (χ1n) is 12.4. The summed E-state index contributed by atoms with van der Waals surface area (Å²) in [6.45, 7) is 1.82. The first kappa shape index (κ1) is 26.2. The number of aromatic carboxylic acids is 1. The Bertz CT molecular complexity index is 1650. The summed E-state index contributed by atoms with van der Waals surface area (Å²) in [6.07, 6.45) is 4.62. The van der Waals surface area contributed by atoms with Gasteiger partial charge in [-0.05, 0) is 66.9 Å². The zero-order valence-corrected chi connectivity index (χ0v) is 21.7. The Morgan fingerprint density at radius 1 is 1.05 bits per heavy atom. The third kappa shape index (κ3) is 5.44. The predicted octanol–water partition coefficient (Wildman–Crippen LogP) is 5.81. The number of carboxylic acid groups (broad SMARTS) is 1. The summed E-state index contributed by atoms with van der Waals surface area (Å²) in [6, 6.07) is 12.7. The van der Waals surface area contributed by atoms with Crippen LogP contribution in [0.3, 0.4) is 0 Å². The first-order chi connectivity index (χ1) is 18.7. The van der Waals surface area contributed by atoms with Crippen molar-refractivity contribution in [2.75, 3.05) is 5.32 Å². The van der Waals surface area contributed by atoms with Gasteiger partial charge >= 0.3 is 5.97 Å². The van der Waals surface area contributed by atoms with Gasteiger partial charge in [-0.3, -0.25) is 19.1 Å². The molecule has 0 spiro atoms. The number of hydrogen-bond donors (Lipinski definition) is 2. The number of carbonyl (C=O) groups excluding carboxylic acids is 1. The van der Waals surface area contributed by atoms with Crippen molar-refractivity contribution in [3.63, 3.8) is 0 Å². The van der Waals surface area contributed by atoms with E-state index >= 15 is 0 Å². The topological polar surface area (TPSA) is 114 Å². The monoisotopic (exact) mass is 546 g/mol. The Kier molecular flexibility index (Phi) is 7.26. The maximum absolute atomic E-state index is 14.2. The highest BCUT2D eigenvalue weighted by Crippen LogP contribution is 2.33. The van der Waals surface area contributed by atoms with Crippen molar-refractivity contribution in [3.05, 3.63) is 99.6 Å². The molecule has 2 aromatic carbocycles. The third-order valence-corrected chi connectivity index (χ3v) is 7.13. The standard InChI is InChI=1S/C29H24ClFN4O4/c1-16-3-2-4-26(25-11-17(9-10-32-25)21-13-19(31)6-8-23(21)34-28(16)37)35-15-33-24(14-27(35)36)22-12-18(30)5-7-20(22)29(38)39/h5-16,26H,2-4H2,1H3,(H,34,37)(H,38,39). The molecule has 198 valence electrons. The number of halogens is 2. The lowest BCUT2D eigenvalue weighted by Gasteiger charge is -2.23. The molecule has 4 aromatic rings. The number of pyridine rings is 1. The molecule has 2 N–H and O–H groups in total. The van der Waals surface area contributed by atoms with Gasteiger partial charge in [-0.15, -0.1) is 0 Å². The fourth-order valence-electron chi connectivity index (χ4n) is 4.80. The molecule has 0 radical (unpaired) electrons. The van der Waals surface area contributed by atoms with Gasteiger partial charge in [0, 0.05) is 40.0 Å². The van der Waals surface area contributed by atoms with Gasteiger partial charge in [0.15, 0.2) is 0 Å². The van der Waals surface area contributed by atoms with E-state index in [9.17, 15) is 23.9 Å². The van der Waals surface area contributed by atoms with Gasteiger partial charge in [-0.2, -0.15) is 0 Å². The Morgan fingerprint density at radius 3 is 2.64 bits per heavy atom. The average Bonchev–Trinajstić information content (AvgIpc) is 2.91. The summed E-state index contributed by atoms with van der Waals surface area (Å²) in [5.74, 6) is -2.10. The number of carbonyl (C=O) groups is 2. The van der Waals surface area contributed by atoms with Gasteiger partial charge in [0.1, 0.15) is 5.82 Å². The molecule has 1 aliphatic heterocycles. The number of benzene rings is 2. The average molecular weight is 547 g/mol. The van der Waals surface area contributed by atoms with Crippen LogP contribution in [0.15, 0.2) is 71.9 Å². The van der Waals surface area contributed by atoms with E-state index in [1.165, 1.54) is 53.4 Å². The van der Waals surface area contributed by atoms with Gasteiger partial charge in [-0.1, -0.05) is 24.9 Å². The smallest absolute Gasteiger partial charge is 0.336 e. The van der Waals surface area contributed by atoms with Crippen LogP contribution in [-0.2, 0) is 4.79 Å². The summed E-state index contributed by atoms with van der Waals surface area (Å²) in [5, 5.41) is 12.8. The lowest BCUT2D eigenvalue weighted by molar-refractivity contribution is -0.119. The first-order valence-corrected chi connectivity index (χ1v) is 12.8. The molecule has 39 heavy (non-hydrogen) atoms. The molecule has 2 bridgehead atoms. The Hall–Kier alpha value is -4.37. The number of aromatic nitrogens is 3. The number of nitrogens with one attached hydrogen (secondary N) is 1. The van der Waals surface area contributed by atoms with Crippen LogP contribution < -0.4 is 10.9 Å². The molecule has 0 saturated carbocycles. The Labute approximate surface area is 228 Å². The summed E-state index contributed by atoms with van der Waals surface area (Å²) in [4.78, 5) is 46.9. The van der Waals surface area contributed by atoms with Gasteiger partial charge < -0.3 is 10.4 Å². The van der Waals surface area contributed by atoms with Crippen LogP contribution >= 0.6 is 11.6 Å². The molecule has 5 rings (SSSR count). The molecule has 10 heteroatoms. The molecule has 2 unspecified atom stereocenters. The molecule has 0 saturated heterocycles. The second-order valence-electron chi connectivity index (χ2n) is 9.51. The van der Waals surface area contributed by atoms with Crippen molar-refractivity contribution in [2.24, 2.45) is 5.92 Å². The minimum Gasteiger partial charge on any atom is -0.478 e. The van der Waals surface area contributed by atoms with Crippen molar-refractivity contribution in [3.8, 4) is 22.4 Å². The molecular weight excluding hydrogens is 523 g/mol. The minimum atomic E-state index is -1.16. The van der Waals surface area contributed by atoms with Crippen LogP contribution in [0.2, 0.25) is 5.02 Å². The molecule has 2 aromatic heterocycles. The summed E-state index contributed by atoms with van der Waals surface area (Å²) in [5.41, 5.74) is 2.18. The zero-order valence-electron chi connectivity index (χ0n) is 20.9. The van der Waals surface area contributed by atoms with Gasteiger partial charge in [0.2, 0.25) is 5.91 Å². The highest BCUT2D eigenvalue weighted by molar-refractivity contribution is 6.31. The number of fused-ring (bicyclic) bond motifs is 4. The fraction of sp³-hybridized carbons (Fsp3) is 0.207. The number of nitrogens with zero attached hydrogens (tertiary/aromatic N) is 3. The van der Waals surface area contributed by atoms with Gasteiger partial charge in [-0.25, -0.2) is 14.2 Å². The van der Waals surface area contributed by atoms with Crippen LogP contribution in [0.25, 0.3) is 22.4 Å². The van der Waals surface area contributed by atoms with E-state index in [0.717, 1.165) is 0 Å². The van der Waals surface area contributed by atoms with E-state index in [1.807, 2.05) is 6.92 Å². The van der Waals surface area contributed by atoms with Crippen LogP contribution in [-0.4, -0.2) is 31.5 Å². The van der Waals surface area contributed by atoms with Crippen LogP contribution in [0.5, 0.6) is 0 Å². The molecule has 3 heterocycles. The number of rotatable bonds is 3. The third-order valence-electron chi connectivity index (χ3n) is 6.89. The Balaban J connectivity index is 1.61. The quantitative estimate of drug-likeness (QED) is 0.335.